The number of piperidine rings is 1. The van der Waals surface area contributed by atoms with Crippen LogP contribution < -0.4 is 10.9 Å². The van der Waals surface area contributed by atoms with Gasteiger partial charge in [0.25, 0.3) is 5.56 Å². The quantitative estimate of drug-likeness (QED) is 0.844. The predicted octanol–water partition coefficient (Wildman–Crippen LogP) is 1.71. The number of thiophene rings is 1. The van der Waals surface area contributed by atoms with E-state index in [9.17, 15) is 14.4 Å². The largest absolute Gasteiger partial charge is 0.345 e. The Morgan fingerprint density at radius 1 is 1.29 bits per heavy atom. The molecule has 1 unspecified atom stereocenters. The zero-order valence-corrected chi connectivity index (χ0v) is 17.0. The molecule has 150 valence electrons. The third kappa shape index (κ3) is 3.83. The summed E-state index contributed by atoms with van der Waals surface area (Å²) < 4.78 is 1.35. The fraction of sp³-hybridized carbons (Fsp3) is 0.600. The lowest BCUT2D eigenvalue weighted by atomic mass is 9.97. The van der Waals surface area contributed by atoms with Crippen molar-refractivity contribution in [2.75, 3.05) is 19.6 Å². The molecule has 0 bridgehead atoms. The number of amides is 2. The van der Waals surface area contributed by atoms with E-state index in [0.717, 1.165) is 62.0 Å². The second-order valence-corrected chi connectivity index (χ2v) is 9.02. The molecule has 3 heterocycles. The van der Waals surface area contributed by atoms with E-state index in [1.54, 1.807) is 11.3 Å². The number of aromatic nitrogens is 2. The maximum Gasteiger partial charge on any atom is 0.262 e. The van der Waals surface area contributed by atoms with Gasteiger partial charge >= 0.3 is 0 Å². The van der Waals surface area contributed by atoms with E-state index in [1.807, 2.05) is 4.90 Å². The van der Waals surface area contributed by atoms with Crippen molar-refractivity contribution in [1.29, 1.82) is 0 Å². The Morgan fingerprint density at radius 3 is 2.93 bits per heavy atom. The molecule has 1 N–H and O–H groups in total. The normalized spacial score (nSPS) is 19.5. The number of carbonyl (C=O) groups excluding carboxylic acids is 2. The Balaban J connectivity index is 1.42. The average Bonchev–Trinajstić information content (AvgIpc) is 3.07. The molecule has 2 aromatic rings. The number of aryl methyl sites for hydroxylation is 2. The van der Waals surface area contributed by atoms with E-state index in [2.05, 4.69) is 17.2 Å². The van der Waals surface area contributed by atoms with Gasteiger partial charge in [0.1, 0.15) is 11.4 Å². The zero-order chi connectivity index (χ0) is 19.7. The Labute approximate surface area is 167 Å². The van der Waals surface area contributed by atoms with Crippen LogP contribution in [0.4, 0.5) is 0 Å². The van der Waals surface area contributed by atoms with E-state index in [-0.39, 0.29) is 30.5 Å². The Morgan fingerprint density at radius 2 is 2.11 bits per heavy atom. The van der Waals surface area contributed by atoms with Crippen LogP contribution in [0.25, 0.3) is 10.2 Å². The SMILES string of the molecule is CC1CCCN(C(=O)CNC(=O)Cn2cnc3sc4c(c3c2=O)CCCC4)C1. The lowest BCUT2D eigenvalue weighted by Gasteiger charge is -2.31. The molecule has 0 spiro atoms. The molecule has 2 aromatic heterocycles. The Bertz CT molecular complexity index is 964. The molecular formula is C20H26N4O3S. The number of hydrogen-bond donors (Lipinski definition) is 1. The highest BCUT2D eigenvalue weighted by atomic mass is 32.1. The first-order valence-corrected chi connectivity index (χ1v) is 10.9. The van der Waals surface area contributed by atoms with Gasteiger partial charge in [-0.1, -0.05) is 6.92 Å². The van der Waals surface area contributed by atoms with Gasteiger partial charge in [-0.2, -0.15) is 0 Å². The van der Waals surface area contributed by atoms with Crippen molar-refractivity contribution in [3.63, 3.8) is 0 Å². The summed E-state index contributed by atoms with van der Waals surface area (Å²) in [5, 5.41) is 3.33. The number of fused-ring (bicyclic) bond motifs is 3. The number of nitrogens with one attached hydrogen (secondary N) is 1. The summed E-state index contributed by atoms with van der Waals surface area (Å²) in [6, 6.07) is 0. The first-order valence-electron chi connectivity index (χ1n) is 10.1. The fourth-order valence-corrected chi connectivity index (χ4v) is 5.43. The average molecular weight is 403 g/mol. The number of hydrogen-bond acceptors (Lipinski definition) is 5. The minimum atomic E-state index is -0.342. The molecule has 1 aliphatic carbocycles. The molecule has 0 radical (unpaired) electrons. The van der Waals surface area contributed by atoms with E-state index in [0.29, 0.717) is 11.3 Å². The molecule has 1 fully saturated rings. The third-order valence-electron chi connectivity index (χ3n) is 5.70. The second-order valence-electron chi connectivity index (χ2n) is 7.93. The van der Waals surface area contributed by atoms with Gasteiger partial charge in [-0.25, -0.2) is 4.98 Å². The maximum absolute atomic E-state index is 12.9. The number of nitrogens with zero attached hydrogens (tertiary/aromatic N) is 3. The van der Waals surface area contributed by atoms with Gasteiger partial charge in [0.2, 0.25) is 11.8 Å². The summed E-state index contributed by atoms with van der Waals surface area (Å²) in [6.07, 6.45) is 7.75. The molecule has 7 nitrogen and oxygen atoms in total. The lowest BCUT2D eigenvalue weighted by Crippen LogP contribution is -2.45. The zero-order valence-electron chi connectivity index (χ0n) is 16.2. The molecule has 0 aromatic carbocycles. The smallest absolute Gasteiger partial charge is 0.262 e. The fourth-order valence-electron chi connectivity index (χ4n) is 4.21. The van der Waals surface area contributed by atoms with E-state index in [4.69, 9.17) is 0 Å². The highest BCUT2D eigenvalue weighted by Gasteiger charge is 2.22. The molecule has 0 saturated carbocycles. The van der Waals surface area contributed by atoms with Crippen LogP contribution in [0.3, 0.4) is 0 Å². The van der Waals surface area contributed by atoms with Crippen molar-refractivity contribution >= 4 is 33.4 Å². The van der Waals surface area contributed by atoms with Crippen LogP contribution in [0, 0.1) is 5.92 Å². The highest BCUT2D eigenvalue weighted by molar-refractivity contribution is 7.18. The summed E-state index contributed by atoms with van der Waals surface area (Å²) in [5.41, 5.74) is 0.962. The molecule has 8 heteroatoms. The van der Waals surface area contributed by atoms with E-state index >= 15 is 0 Å². The Hall–Kier alpha value is -2.22. The van der Waals surface area contributed by atoms with Crippen LogP contribution in [0.1, 0.15) is 43.0 Å². The van der Waals surface area contributed by atoms with Gasteiger partial charge in [0.15, 0.2) is 0 Å². The first kappa shape index (κ1) is 19.1. The molecule has 1 saturated heterocycles. The molecule has 2 amide bonds. The van der Waals surface area contributed by atoms with Crippen LogP contribution in [0.5, 0.6) is 0 Å². The van der Waals surface area contributed by atoms with Crippen molar-refractivity contribution in [3.8, 4) is 0 Å². The molecular weight excluding hydrogens is 376 g/mol. The van der Waals surface area contributed by atoms with Crippen LogP contribution in [-0.4, -0.2) is 45.9 Å². The molecule has 1 atom stereocenters. The minimum absolute atomic E-state index is 0.0240. The Kier molecular flexibility index (Phi) is 5.48. The number of likely N-dealkylation sites (tertiary alicyclic amines) is 1. The first-order chi connectivity index (χ1) is 13.5. The molecule has 4 rings (SSSR count). The summed E-state index contributed by atoms with van der Waals surface area (Å²) in [6.45, 7) is 3.50. The molecule has 2 aliphatic rings. The van der Waals surface area contributed by atoms with Crippen molar-refractivity contribution in [2.24, 2.45) is 5.92 Å². The van der Waals surface area contributed by atoms with Crippen molar-refractivity contribution < 1.29 is 9.59 Å². The van der Waals surface area contributed by atoms with Crippen LogP contribution in [-0.2, 0) is 29.0 Å². The lowest BCUT2D eigenvalue weighted by molar-refractivity contribution is -0.134. The highest BCUT2D eigenvalue weighted by Crippen LogP contribution is 2.33. The summed E-state index contributed by atoms with van der Waals surface area (Å²) in [7, 11) is 0. The summed E-state index contributed by atoms with van der Waals surface area (Å²) in [4.78, 5) is 45.7. The predicted molar refractivity (Wildman–Crippen MR) is 109 cm³/mol. The van der Waals surface area contributed by atoms with Crippen molar-refractivity contribution in [1.82, 2.24) is 19.8 Å². The minimum Gasteiger partial charge on any atom is -0.345 e. The number of rotatable bonds is 4. The summed E-state index contributed by atoms with van der Waals surface area (Å²) >= 11 is 1.60. The van der Waals surface area contributed by atoms with Crippen molar-refractivity contribution in [2.45, 2.75) is 52.0 Å². The third-order valence-corrected chi connectivity index (χ3v) is 6.90. The van der Waals surface area contributed by atoms with Gasteiger partial charge < -0.3 is 10.2 Å². The van der Waals surface area contributed by atoms with Crippen molar-refractivity contribution in [3.05, 3.63) is 27.1 Å². The topological polar surface area (TPSA) is 84.3 Å². The van der Waals surface area contributed by atoms with Crippen LogP contribution in [0.15, 0.2) is 11.1 Å². The number of carbonyl (C=O) groups is 2. The van der Waals surface area contributed by atoms with E-state index in [1.165, 1.54) is 15.8 Å². The van der Waals surface area contributed by atoms with Gasteiger partial charge in [-0.05, 0) is 50.0 Å². The standard InChI is InChI=1S/C20H26N4O3S/c1-13-5-4-8-23(10-13)17(26)9-21-16(25)11-24-12-22-19-18(20(24)27)14-6-2-3-7-15(14)28-19/h12-13H,2-11H2,1H3,(H,21,25). The molecule has 1 aliphatic heterocycles. The van der Waals surface area contributed by atoms with Gasteiger partial charge in [-0.15, -0.1) is 11.3 Å². The van der Waals surface area contributed by atoms with Gasteiger partial charge in [0.05, 0.1) is 18.3 Å². The summed E-state index contributed by atoms with van der Waals surface area (Å²) in [5.74, 6) is 0.0970. The second kappa shape index (κ2) is 8.03. The van der Waals surface area contributed by atoms with E-state index < -0.39 is 0 Å². The van der Waals surface area contributed by atoms with Crippen LogP contribution in [0.2, 0.25) is 0 Å². The van der Waals surface area contributed by atoms with Gasteiger partial charge in [0, 0.05) is 18.0 Å². The molecule has 28 heavy (non-hydrogen) atoms. The van der Waals surface area contributed by atoms with Gasteiger partial charge in [-0.3, -0.25) is 19.0 Å². The van der Waals surface area contributed by atoms with Crippen LogP contribution >= 0.6 is 11.3 Å². The monoisotopic (exact) mass is 402 g/mol. The maximum atomic E-state index is 12.9.